The van der Waals surface area contributed by atoms with E-state index in [-0.39, 0.29) is 11.8 Å². The van der Waals surface area contributed by atoms with Crippen molar-refractivity contribution in [3.63, 3.8) is 0 Å². The zero-order chi connectivity index (χ0) is 17.8. The lowest BCUT2D eigenvalue weighted by Crippen LogP contribution is -2.21. The Bertz CT molecular complexity index is 887. The van der Waals surface area contributed by atoms with Gasteiger partial charge in [0, 0.05) is 4.70 Å². The van der Waals surface area contributed by atoms with Crippen LogP contribution in [0.15, 0.2) is 41.8 Å². The Hall–Kier alpha value is -2.38. The van der Waals surface area contributed by atoms with E-state index in [0.717, 1.165) is 21.4 Å². The fourth-order valence-electron chi connectivity index (χ4n) is 2.30. The van der Waals surface area contributed by atoms with Crippen LogP contribution < -0.4 is 10.5 Å². The average molecular weight is 374 g/mol. The van der Waals surface area contributed by atoms with Gasteiger partial charge in [0.25, 0.3) is 0 Å². The van der Waals surface area contributed by atoms with E-state index in [1.807, 2.05) is 48.7 Å². The quantitative estimate of drug-likeness (QED) is 0.366. The summed E-state index contributed by atoms with van der Waals surface area (Å²) in [5.74, 6) is 0.231. The van der Waals surface area contributed by atoms with Gasteiger partial charge in [-0.1, -0.05) is 13.0 Å². The summed E-state index contributed by atoms with van der Waals surface area (Å²) in [6.45, 7) is 2.32. The fourth-order valence-corrected chi connectivity index (χ4v) is 3.95. The topological polar surface area (TPSA) is 85.4 Å². The number of nitrogens with two attached hydrogens (primary N) is 1. The fraction of sp³-hybridized carbons (Fsp3) is 0.222. The molecule has 0 aliphatic carbocycles. The predicted molar refractivity (Wildman–Crippen MR) is 102 cm³/mol. The van der Waals surface area contributed by atoms with Crippen LogP contribution in [-0.2, 0) is 9.53 Å². The molecule has 0 bridgehead atoms. The summed E-state index contributed by atoms with van der Waals surface area (Å²) >= 11 is 2.91. The molecule has 2 heterocycles. The molecule has 0 aliphatic rings. The summed E-state index contributed by atoms with van der Waals surface area (Å²) < 4.78 is 12.2. The highest BCUT2D eigenvalue weighted by Gasteiger charge is 2.25. The number of thiophene rings is 2. The minimum absolute atomic E-state index is 0.0447. The minimum Gasteiger partial charge on any atom is -0.473 e. The van der Waals surface area contributed by atoms with Gasteiger partial charge in [-0.3, -0.25) is 5.41 Å². The summed E-state index contributed by atoms with van der Waals surface area (Å²) in [7, 11) is 0. The Kier molecular flexibility index (Phi) is 5.35. The molecule has 25 heavy (non-hydrogen) atoms. The summed E-state index contributed by atoms with van der Waals surface area (Å²) in [5.41, 5.74) is 5.55. The van der Waals surface area contributed by atoms with Gasteiger partial charge in [-0.2, -0.15) is 0 Å². The maximum atomic E-state index is 12.4. The normalized spacial score (nSPS) is 12.0. The Balaban J connectivity index is 1.87. The van der Waals surface area contributed by atoms with Gasteiger partial charge < -0.3 is 15.2 Å². The van der Waals surface area contributed by atoms with Crippen molar-refractivity contribution in [2.75, 3.05) is 6.61 Å². The van der Waals surface area contributed by atoms with Gasteiger partial charge in [-0.25, -0.2) is 4.79 Å². The third kappa shape index (κ3) is 4.00. The van der Waals surface area contributed by atoms with E-state index < -0.39 is 6.10 Å². The zero-order valence-corrected chi connectivity index (χ0v) is 15.3. The molecule has 0 saturated carbocycles. The number of esters is 1. The summed E-state index contributed by atoms with van der Waals surface area (Å²) in [6, 6.07) is 11.2. The smallest absolute Gasteiger partial charge is 0.352 e. The van der Waals surface area contributed by atoms with Crippen molar-refractivity contribution >= 4 is 44.6 Å². The first-order chi connectivity index (χ1) is 12.1. The lowest BCUT2D eigenvalue weighted by atomic mass is 10.2. The number of hydrogen-bond acceptors (Lipinski definition) is 6. The van der Waals surface area contributed by atoms with Crippen LogP contribution in [0.1, 0.15) is 29.2 Å². The van der Waals surface area contributed by atoms with E-state index in [4.69, 9.17) is 20.6 Å². The number of amidine groups is 1. The van der Waals surface area contributed by atoms with Gasteiger partial charge in [0.05, 0.1) is 16.4 Å². The number of carbonyl (C=O) groups excluding carboxylic acids is 1. The highest BCUT2D eigenvalue weighted by atomic mass is 32.1. The molecule has 1 aromatic carbocycles. The second kappa shape index (κ2) is 7.67. The summed E-state index contributed by atoms with van der Waals surface area (Å²) in [4.78, 5) is 13.9. The van der Waals surface area contributed by atoms with Crippen LogP contribution in [0.25, 0.3) is 10.1 Å². The van der Waals surface area contributed by atoms with E-state index in [2.05, 4.69) is 0 Å². The molecule has 7 heteroatoms. The number of carbonyl (C=O) groups is 1. The zero-order valence-electron chi connectivity index (χ0n) is 13.7. The SMILES string of the molecule is CCCOC(=O)C(Oc1ccc2sc(C(=N)N)cc2c1)c1cccs1. The maximum absolute atomic E-state index is 12.4. The highest BCUT2D eigenvalue weighted by molar-refractivity contribution is 7.20. The maximum Gasteiger partial charge on any atom is 0.352 e. The first-order valence-corrected chi connectivity index (χ1v) is 9.52. The lowest BCUT2D eigenvalue weighted by molar-refractivity contribution is -0.152. The monoisotopic (exact) mass is 374 g/mol. The van der Waals surface area contributed by atoms with Crippen LogP contribution >= 0.6 is 22.7 Å². The third-order valence-corrected chi connectivity index (χ3v) is 5.54. The number of rotatable bonds is 7. The highest BCUT2D eigenvalue weighted by Crippen LogP contribution is 2.32. The average Bonchev–Trinajstić information content (AvgIpc) is 3.26. The van der Waals surface area contributed by atoms with Crippen LogP contribution in [0, 0.1) is 5.41 Å². The first-order valence-electron chi connectivity index (χ1n) is 7.83. The van der Waals surface area contributed by atoms with Crippen molar-refractivity contribution in [2.45, 2.75) is 19.4 Å². The molecule has 1 unspecified atom stereocenters. The van der Waals surface area contributed by atoms with Gasteiger partial charge >= 0.3 is 5.97 Å². The van der Waals surface area contributed by atoms with Crippen molar-refractivity contribution in [1.82, 2.24) is 0 Å². The van der Waals surface area contributed by atoms with Crippen molar-refractivity contribution in [3.8, 4) is 5.75 Å². The molecule has 3 aromatic rings. The largest absolute Gasteiger partial charge is 0.473 e. The van der Waals surface area contributed by atoms with Gasteiger partial charge in [0.15, 0.2) is 0 Å². The van der Waals surface area contributed by atoms with Crippen LogP contribution in [0.5, 0.6) is 5.75 Å². The molecule has 1 atom stereocenters. The lowest BCUT2D eigenvalue weighted by Gasteiger charge is -2.17. The van der Waals surface area contributed by atoms with Crippen molar-refractivity contribution in [2.24, 2.45) is 5.73 Å². The predicted octanol–water partition coefficient (Wildman–Crippen LogP) is 4.32. The molecule has 0 radical (unpaired) electrons. The summed E-state index contributed by atoms with van der Waals surface area (Å²) in [5, 5.41) is 10.4. The van der Waals surface area contributed by atoms with Gasteiger partial charge in [-0.15, -0.1) is 22.7 Å². The molecule has 3 rings (SSSR count). The number of fused-ring (bicyclic) bond motifs is 1. The second-order valence-electron chi connectivity index (χ2n) is 5.40. The number of benzene rings is 1. The number of hydrogen-bond donors (Lipinski definition) is 2. The van der Waals surface area contributed by atoms with E-state index in [0.29, 0.717) is 17.2 Å². The molecule has 0 saturated heterocycles. The standard InChI is InChI=1S/C18H18N2O3S2/c1-2-7-22-18(21)16(14-4-3-8-24-14)23-12-5-6-13-11(9-12)10-15(25-13)17(19)20/h3-6,8-10,16H,2,7H2,1H3,(H3,19,20). The van der Waals surface area contributed by atoms with E-state index in [9.17, 15) is 4.79 Å². The molecule has 0 spiro atoms. The van der Waals surface area contributed by atoms with Gasteiger partial charge in [0.1, 0.15) is 11.6 Å². The summed E-state index contributed by atoms with van der Waals surface area (Å²) in [6.07, 6.45) is -0.0210. The second-order valence-corrected chi connectivity index (χ2v) is 7.47. The molecule has 0 aliphatic heterocycles. The minimum atomic E-state index is -0.782. The van der Waals surface area contributed by atoms with Gasteiger partial charge in [-0.05, 0) is 47.5 Å². The van der Waals surface area contributed by atoms with Crippen LogP contribution in [0.3, 0.4) is 0 Å². The Morgan fingerprint density at radius 1 is 1.32 bits per heavy atom. The van der Waals surface area contributed by atoms with E-state index >= 15 is 0 Å². The first kappa shape index (κ1) is 17.4. The Labute approximate surface area is 153 Å². The van der Waals surface area contributed by atoms with Crippen molar-refractivity contribution in [3.05, 3.63) is 51.5 Å². The van der Waals surface area contributed by atoms with E-state index in [1.54, 1.807) is 0 Å². The van der Waals surface area contributed by atoms with Gasteiger partial charge in [0.2, 0.25) is 6.10 Å². The molecule has 0 fully saturated rings. The molecular formula is C18H18N2O3S2. The van der Waals surface area contributed by atoms with Crippen LogP contribution in [-0.4, -0.2) is 18.4 Å². The molecular weight excluding hydrogens is 356 g/mol. The molecule has 2 aromatic heterocycles. The number of ether oxygens (including phenoxy) is 2. The van der Waals surface area contributed by atoms with Crippen molar-refractivity contribution < 1.29 is 14.3 Å². The van der Waals surface area contributed by atoms with Crippen LogP contribution in [0.4, 0.5) is 0 Å². The Morgan fingerprint density at radius 2 is 2.16 bits per heavy atom. The number of nitrogen functional groups attached to an aromatic ring is 1. The molecule has 130 valence electrons. The molecule has 0 amide bonds. The number of nitrogens with one attached hydrogen (secondary N) is 1. The van der Waals surface area contributed by atoms with Crippen molar-refractivity contribution in [1.29, 1.82) is 5.41 Å². The van der Waals surface area contributed by atoms with E-state index in [1.165, 1.54) is 22.7 Å². The van der Waals surface area contributed by atoms with Crippen LogP contribution in [0.2, 0.25) is 0 Å². The Morgan fingerprint density at radius 3 is 2.84 bits per heavy atom. The molecule has 5 nitrogen and oxygen atoms in total. The third-order valence-electron chi connectivity index (χ3n) is 3.47. The molecule has 3 N–H and O–H groups in total.